The van der Waals surface area contributed by atoms with Gasteiger partial charge in [0.25, 0.3) is 0 Å². The molecule has 1 heterocycles. The lowest BCUT2D eigenvalue weighted by atomic mass is 10.2. The molecular formula is C16H19F3N4O. The molecule has 0 unspecified atom stereocenters. The molecule has 0 saturated carbocycles. The Bertz CT molecular complexity index is 705. The van der Waals surface area contributed by atoms with Gasteiger partial charge in [0, 0.05) is 13.2 Å². The van der Waals surface area contributed by atoms with Gasteiger partial charge >= 0.3 is 6.18 Å². The van der Waals surface area contributed by atoms with Crippen LogP contribution in [0, 0.1) is 13.8 Å². The molecule has 0 bridgehead atoms. The summed E-state index contributed by atoms with van der Waals surface area (Å²) in [6.45, 7) is 3.72. The zero-order valence-electron chi connectivity index (χ0n) is 13.5. The van der Waals surface area contributed by atoms with Crippen LogP contribution in [0.2, 0.25) is 0 Å². The van der Waals surface area contributed by atoms with Crippen LogP contribution in [-0.4, -0.2) is 21.5 Å². The maximum Gasteiger partial charge on any atom is 0.437 e. The van der Waals surface area contributed by atoms with Crippen molar-refractivity contribution in [2.45, 2.75) is 39.4 Å². The summed E-state index contributed by atoms with van der Waals surface area (Å²) in [6, 6.07) is 6.99. The number of unbranched alkanes of at least 4 members (excludes halogenated alkanes) is 1. The van der Waals surface area contributed by atoms with Crippen molar-refractivity contribution in [2.24, 2.45) is 10.2 Å². The zero-order valence-corrected chi connectivity index (χ0v) is 13.5. The Labute approximate surface area is 137 Å². The highest BCUT2D eigenvalue weighted by Crippen LogP contribution is 2.38. The van der Waals surface area contributed by atoms with Crippen molar-refractivity contribution in [1.29, 1.82) is 0 Å². The van der Waals surface area contributed by atoms with Crippen molar-refractivity contribution >= 4 is 11.4 Å². The first-order valence-electron chi connectivity index (χ1n) is 7.57. The molecule has 1 N–H and O–H groups in total. The molecule has 8 heteroatoms. The van der Waals surface area contributed by atoms with Crippen molar-refractivity contribution in [3.63, 3.8) is 0 Å². The third-order valence-electron chi connectivity index (χ3n) is 3.52. The Morgan fingerprint density at radius 1 is 1.08 bits per heavy atom. The van der Waals surface area contributed by atoms with Gasteiger partial charge in [-0.3, -0.25) is 4.68 Å². The summed E-state index contributed by atoms with van der Waals surface area (Å²) in [5.41, 5.74) is 0.488. The van der Waals surface area contributed by atoms with E-state index in [4.69, 9.17) is 5.11 Å². The number of hydrogen-bond acceptors (Lipinski definition) is 4. The third-order valence-corrected chi connectivity index (χ3v) is 3.52. The summed E-state index contributed by atoms with van der Waals surface area (Å²) >= 11 is 0. The van der Waals surface area contributed by atoms with E-state index >= 15 is 0 Å². The van der Waals surface area contributed by atoms with E-state index in [1.54, 1.807) is 12.1 Å². The van der Waals surface area contributed by atoms with Crippen molar-refractivity contribution in [3.8, 4) is 0 Å². The summed E-state index contributed by atoms with van der Waals surface area (Å²) in [6.07, 6.45) is -3.57. The minimum Gasteiger partial charge on any atom is -0.396 e. The number of hydrogen-bond donors (Lipinski definition) is 1. The fraction of sp³-hybridized carbons (Fsp3) is 0.438. The van der Waals surface area contributed by atoms with Gasteiger partial charge in [0.15, 0.2) is 5.69 Å². The van der Waals surface area contributed by atoms with Crippen LogP contribution >= 0.6 is 0 Å². The quantitative estimate of drug-likeness (QED) is 0.611. The molecule has 0 aliphatic heterocycles. The lowest BCUT2D eigenvalue weighted by molar-refractivity contribution is -0.141. The summed E-state index contributed by atoms with van der Waals surface area (Å²) in [4.78, 5) is 0. The molecule has 0 amide bonds. The Hall–Kier alpha value is -2.22. The Balaban J connectivity index is 2.33. The number of aromatic nitrogens is 2. The first kappa shape index (κ1) is 18.1. The van der Waals surface area contributed by atoms with Crippen LogP contribution in [0.15, 0.2) is 34.5 Å². The summed E-state index contributed by atoms with van der Waals surface area (Å²) in [5, 5.41) is 20.1. The first-order chi connectivity index (χ1) is 11.3. The average molecular weight is 340 g/mol. The van der Waals surface area contributed by atoms with Gasteiger partial charge in [0.2, 0.25) is 0 Å². The molecule has 2 rings (SSSR count). The fourth-order valence-electron chi connectivity index (χ4n) is 2.16. The highest BCUT2D eigenvalue weighted by Gasteiger charge is 2.39. The molecule has 0 saturated heterocycles. The number of aliphatic hydroxyl groups is 1. The van der Waals surface area contributed by atoms with Gasteiger partial charge in [0.05, 0.1) is 11.4 Å². The largest absolute Gasteiger partial charge is 0.437 e. The molecule has 1 aromatic carbocycles. The SMILES string of the molecule is Cc1ccc(N=Nc2c(C(F)(F)F)nn(CCCCO)c2C)cc1. The van der Waals surface area contributed by atoms with Crippen LogP contribution in [0.25, 0.3) is 0 Å². The van der Waals surface area contributed by atoms with Gasteiger partial charge in [0.1, 0.15) is 5.69 Å². The summed E-state index contributed by atoms with van der Waals surface area (Å²) in [7, 11) is 0. The van der Waals surface area contributed by atoms with E-state index in [0.29, 0.717) is 24.2 Å². The molecule has 0 atom stereocenters. The highest BCUT2D eigenvalue weighted by molar-refractivity contribution is 5.49. The molecule has 0 aliphatic rings. The van der Waals surface area contributed by atoms with Crippen molar-refractivity contribution in [2.75, 3.05) is 6.61 Å². The number of nitrogens with zero attached hydrogens (tertiary/aromatic N) is 4. The second-order valence-electron chi connectivity index (χ2n) is 5.47. The monoisotopic (exact) mass is 340 g/mol. The molecule has 0 fully saturated rings. The van der Waals surface area contributed by atoms with E-state index in [1.807, 2.05) is 19.1 Å². The van der Waals surface area contributed by atoms with Crippen LogP contribution in [0.3, 0.4) is 0 Å². The standard InChI is InChI=1S/C16H19F3N4O/c1-11-5-7-13(8-6-11)20-21-14-12(2)23(9-3-4-10-24)22-15(14)16(17,18)19/h5-8,24H,3-4,9-10H2,1-2H3. The number of rotatable bonds is 6. The fourth-order valence-corrected chi connectivity index (χ4v) is 2.16. The second kappa shape index (κ2) is 7.57. The summed E-state index contributed by atoms with van der Waals surface area (Å²) in [5.74, 6) is 0. The molecule has 1 aromatic heterocycles. The summed E-state index contributed by atoms with van der Waals surface area (Å²) < 4.78 is 40.8. The van der Waals surface area contributed by atoms with Crippen LogP contribution in [0.4, 0.5) is 24.5 Å². The van der Waals surface area contributed by atoms with E-state index in [9.17, 15) is 13.2 Å². The number of alkyl halides is 3. The Morgan fingerprint density at radius 3 is 2.33 bits per heavy atom. The van der Waals surface area contributed by atoms with Gasteiger partial charge in [-0.1, -0.05) is 17.7 Å². The number of aryl methyl sites for hydroxylation is 2. The minimum absolute atomic E-state index is 0.00751. The number of benzene rings is 1. The Kier molecular flexibility index (Phi) is 5.71. The smallest absolute Gasteiger partial charge is 0.396 e. The lowest BCUT2D eigenvalue weighted by Gasteiger charge is -2.03. The van der Waals surface area contributed by atoms with Crippen LogP contribution in [-0.2, 0) is 12.7 Å². The van der Waals surface area contributed by atoms with Gasteiger partial charge in [-0.15, -0.1) is 5.11 Å². The van der Waals surface area contributed by atoms with Gasteiger partial charge < -0.3 is 5.11 Å². The number of azo groups is 1. The van der Waals surface area contributed by atoms with Crippen LogP contribution in [0.5, 0.6) is 0 Å². The Morgan fingerprint density at radius 2 is 1.75 bits per heavy atom. The van der Waals surface area contributed by atoms with E-state index < -0.39 is 11.9 Å². The third kappa shape index (κ3) is 4.41. The topological polar surface area (TPSA) is 62.8 Å². The number of aliphatic hydroxyl groups excluding tert-OH is 1. The average Bonchev–Trinajstić information content (AvgIpc) is 2.84. The van der Waals surface area contributed by atoms with Crippen molar-refractivity contribution < 1.29 is 18.3 Å². The molecule has 130 valence electrons. The van der Waals surface area contributed by atoms with E-state index in [2.05, 4.69) is 15.3 Å². The van der Waals surface area contributed by atoms with Crippen molar-refractivity contribution in [1.82, 2.24) is 9.78 Å². The normalized spacial score (nSPS) is 12.2. The minimum atomic E-state index is -4.60. The molecule has 2 aromatic rings. The molecular weight excluding hydrogens is 321 g/mol. The number of halogens is 3. The highest BCUT2D eigenvalue weighted by atomic mass is 19.4. The molecule has 0 radical (unpaired) electrons. The van der Waals surface area contributed by atoms with E-state index in [1.165, 1.54) is 11.6 Å². The van der Waals surface area contributed by atoms with Gasteiger partial charge in [-0.05, 0) is 38.8 Å². The van der Waals surface area contributed by atoms with Crippen molar-refractivity contribution in [3.05, 3.63) is 41.2 Å². The molecule has 0 spiro atoms. The van der Waals surface area contributed by atoms with Gasteiger partial charge in [-0.2, -0.15) is 23.4 Å². The van der Waals surface area contributed by atoms with Crippen LogP contribution in [0.1, 0.15) is 29.8 Å². The van der Waals surface area contributed by atoms with E-state index in [-0.39, 0.29) is 18.8 Å². The lowest BCUT2D eigenvalue weighted by Crippen LogP contribution is -2.09. The molecule has 0 aliphatic carbocycles. The van der Waals surface area contributed by atoms with E-state index in [0.717, 1.165) is 5.56 Å². The zero-order chi connectivity index (χ0) is 17.7. The first-order valence-corrected chi connectivity index (χ1v) is 7.57. The maximum atomic E-state index is 13.2. The van der Waals surface area contributed by atoms with Crippen LogP contribution < -0.4 is 0 Å². The second-order valence-corrected chi connectivity index (χ2v) is 5.47. The predicted octanol–water partition coefficient (Wildman–Crippen LogP) is 4.71. The molecule has 24 heavy (non-hydrogen) atoms. The molecule has 5 nitrogen and oxygen atoms in total. The van der Waals surface area contributed by atoms with Gasteiger partial charge in [-0.25, -0.2) is 0 Å². The predicted molar refractivity (Wildman–Crippen MR) is 83.6 cm³/mol. The maximum absolute atomic E-state index is 13.2.